The van der Waals surface area contributed by atoms with E-state index in [9.17, 15) is 9.90 Å². The number of phenolic OH excluding ortho intramolecular Hbond substituents is 1. The van der Waals surface area contributed by atoms with Crippen LogP contribution in [0, 0.1) is 0 Å². The molecule has 1 aliphatic heterocycles. The van der Waals surface area contributed by atoms with E-state index in [4.69, 9.17) is 4.74 Å². The monoisotopic (exact) mass is 356 g/mol. The number of allylic oxidation sites excluding steroid dienone is 2. The third-order valence-corrected chi connectivity index (χ3v) is 4.91. The molecule has 0 fully saturated rings. The molecule has 1 atom stereocenters. The molecule has 0 aliphatic carbocycles. The van der Waals surface area contributed by atoms with E-state index in [-0.39, 0.29) is 11.5 Å². The fourth-order valence-corrected chi connectivity index (χ4v) is 3.44. The molecular weight excluding hydrogens is 324 g/mol. The number of carbonyl (C=O) groups excluding carboxylic acids is 1. The van der Waals surface area contributed by atoms with E-state index >= 15 is 0 Å². The first-order valence-corrected chi connectivity index (χ1v) is 9.69. The van der Waals surface area contributed by atoms with Crippen molar-refractivity contribution in [3.63, 3.8) is 0 Å². The molecule has 0 aromatic heterocycles. The zero-order valence-electron chi connectivity index (χ0n) is 16.8. The second-order valence-electron chi connectivity index (χ2n) is 7.75. The molecule has 0 saturated heterocycles. The second-order valence-corrected chi connectivity index (χ2v) is 7.75. The summed E-state index contributed by atoms with van der Waals surface area (Å²) in [5, 5.41) is 10.5. The second kappa shape index (κ2) is 8.57. The minimum absolute atomic E-state index is 0.00491. The fraction of sp³-hybridized carbons (Fsp3) is 0.522. The predicted octanol–water partition coefficient (Wildman–Crippen LogP) is 6.24. The molecule has 3 nitrogen and oxygen atoms in total. The number of aryl methyl sites for hydroxylation is 1. The van der Waals surface area contributed by atoms with Gasteiger partial charge in [0, 0.05) is 0 Å². The lowest BCUT2D eigenvalue weighted by Gasteiger charge is -2.33. The Hall–Kier alpha value is -2.03. The molecule has 0 bridgehead atoms. The average molecular weight is 357 g/mol. The minimum atomic E-state index is -0.475. The van der Waals surface area contributed by atoms with Gasteiger partial charge in [0.15, 0.2) is 5.78 Å². The van der Waals surface area contributed by atoms with Crippen LogP contribution in [0.5, 0.6) is 11.5 Å². The molecule has 0 amide bonds. The number of carbonyl (C=O) groups is 1. The van der Waals surface area contributed by atoms with Crippen LogP contribution < -0.4 is 4.74 Å². The van der Waals surface area contributed by atoms with Crippen molar-refractivity contribution in [1.29, 1.82) is 0 Å². The van der Waals surface area contributed by atoms with Crippen LogP contribution >= 0.6 is 0 Å². The molecule has 1 aromatic rings. The number of hydrogen-bond donors (Lipinski definition) is 1. The summed E-state index contributed by atoms with van der Waals surface area (Å²) in [5.74, 6) is 0.736. The molecule has 0 saturated carbocycles. The SMILES string of the molecule is CCCCCc1cc(O)c2c(c1C(C)=O)OC(C)(CCC=C(C)C)C=C2. The van der Waals surface area contributed by atoms with Gasteiger partial charge in [-0.3, -0.25) is 4.79 Å². The average Bonchev–Trinajstić information content (AvgIpc) is 2.54. The molecular formula is C23H32O3. The van der Waals surface area contributed by atoms with Gasteiger partial charge in [0.2, 0.25) is 0 Å². The van der Waals surface area contributed by atoms with Gasteiger partial charge in [-0.05, 0) is 77.2 Å². The molecule has 0 spiro atoms. The lowest BCUT2D eigenvalue weighted by atomic mass is 9.89. The van der Waals surface area contributed by atoms with Crippen LogP contribution in [0.25, 0.3) is 6.08 Å². The predicted molar refractivity (Wildman–Crippen MR) is 108 cm³/mol. The summed E-state index contributed by atoms with van der Waals surface area (Å²) < 4.78 is 6.32. The highest BCUT2D eigenvalue weighted by Crippen LogP contribution is 2.43. The maximum absolute atomic E-state index is 12.4. The van der Waals surface area contributed by atoms with Crippen LogP contribution in [-0.4, -0.2) is 16.5 Å². The van der Waals surface area contributed by atoms with Gasteiger partial charge in [-0.25, -0.2) is 0 Å². The molecule has 1 N–H and O–H groups in total. The van der Waals surface area contributed by atoms with Crippen molar-refractivity contribution in [3.05, 3.63) is 40.5 Å². The Morgan fingerprint density at radius 3 is 2.62 bits per heavy atom. The molecule has 3 heteroatoms. The number of aromatic hydroxyl groups is 1. The summed E-state index contributed by atoms with van der Waals surface area (Å²) in [6.45, 7) is 9.95. The first-order valence-electron chi connectivity index (χ1n) is 9.69. The first-order chi connectivity index (χ1) is 12.3. The van der Waals surface area contributed by atoms with Gasteiger partial charge in [0.05, 0.1) is 11.1 Å². The van der Waals surface area contributed by atoms with Crippen LogP contribution in [-0.2, 0) is 6.42 Å². The molecule has 1 unspecified atom stereocenters. The standard InChI is InChI=1S/C23H32O3/c1-6-7-8-11-18-15-20(25)19-12-14-23(5,13-9-10-16(2)3)26-22(19)21(18)17(4)24/h10,12,14-15,25H,6-9,11,13H2,1-5H3. The molecule has 2 rings (SSSR count). The van der Waals surface area contributed by atoms with E-state index < -0.39 is 5.60 Å². The zero-order chi connectivity index (χ0) is 19.3. The summed E-state index contributed by atoms with van der Waals surface area (Å²) in [6.07, 6.45) is 11.8. The summed E-state index contributed by atoms with van der Waals surface area (Å²) in [4.78, 5) is 12.4. The van der Waals surface area contributed by atoms with E-state index in [1.807, 2.05) is 19.1 Å². The Morgan fingerprint density at radius 2 is 2.00 bits per heavy atom. The van der Waals surface area contributed by atoms with E-state index in [0.29, 0.717) is 16.9 Å². The topological polar surface area (TPSA) is 46.5 Å². The Morgan fingerprint density at radius 1 is 1.27 bits per heavy atom. The number of Topliss-reactive ketones (excluding diaryl/α,β-unsaturated/α-hetero) is 1. The van der Waals surface area contributed by atoms with Crippen LogP contribution in [0.3, 0.4) is 0 Å². The number of unbranched alkanes of at least 4 members (excludes halogenated alkanes) is 2. The summed E-state index contributed by atoms with van der Waals surface area (Å²) in [6, 6.07) is 1.74. The Labute approximate surface area is 157 Å². The Balaban J connectivity index is 2.39. The summed E-state index contributed by atoms with van der Waals surface area (Å²) in [5.41, 5.74) is 2.96. The van der Waals surface area contributed by atoms with Gasteiger partial charge in [-0.15, -0.1) is 0 Å². The lowest BCUT2D eigenvalue weighted by Crippen LogP contribution is -2.32. The molecule has 0 radical (unpaired) electrons. The molecule has 1 aliphatic rings. The van der Waals surface area contributed by atoms with Crippen molar-refractivity contribution in [1.82, 2.24) is 0 Å². The highest BCUT2D eigenvalue weighted by molar-refractivity contribution is 6.00. The molecule has 1 heterocycles. The highest BCUT2D eigenvalue weighted by Gasteiger charge is 2.32. The number of phenols is 1. The van der Waals surface area contributed by atoms with Crippen molar-refractivity contribution >= 4 is 11.9 Å². The van der Waals surface area contributed by atoms with Gasteiger partial charge >= 0.3 is 0 Å². The molecule has 26 heavy (non-hydrogen) atoms. The molecule has 1 aromatic carbocycles. The summed E-state index contributed by atoms with van der Waals surface area (Å²) in [7, 11) is 0. The lowest BCUT2D eigenvalue weighted by molar-refractivity contribution is 0.0986. The van der Waals surface area contributed by atoms with Gasteiger partial charge in [-0.1, -0.05) is 31.4 Å². The van der Waals surface area contributed by atoms with E-state index in [2.05, 4.69) is 26.8 Å². The Kier molecular flexibility index (Phi) is 6.69. The maximum Gasteiger partial charge on any atom is 0.163 e. The first kappa shape index (κ1) is 20.3. The van der Waals surface area contributed by atoms with Crippen LogP contribution in [0.2, 0.25) is 0 Å². The normalized spacial score (nSPS) is 18.2. The van der Waals surface area contributed by atoms with Gasteiger partial charge in [-0.2, -0.15) is 0 Å². The minimum Gasteiger partial charge on any atom is -0.507 e. The smallest absolute Gasteiger partial charge is 0.163 e. The van der Waals surface area contributed by atoms with Crippen molar-refractivity contribution in [2.24, 2.45) is 0 Å². The highest BCUT2D eigenvalue weighted by atomic mass is 16.5. The van der Waals surface area contributed by atoms with E-state index in [0.717, 1.165) is 44.1 Å². The van der Waals surface area contributed by atoms with Crippen molar-refractivity contribution in [3.8, 4) is 11.5 Å². The number of hydrogen-bond acceptors (Lipinski definition) is 3. The van der Waals surface area contributed by atoms with Crippen LogP contribution in [0.1, 0.15) is 88.2 Å². The van der Waals surface area contributed by atoms with Crippen LogP contribution in [0.4, 0.5) is 0 Å². The Bertz CT molecular complexity index is 723. The van der Waals surface area contributed by atoms with Crippen molar-refractivity contribution in [2.75, 3.05) is 0 Å². The number of fused-ring (bicyclic) bond motifs is 1. The van der Waals surface area contributed by atoms with Gasteiger partial charge in [0.25, 0.3) is 0 Å². The third-order valence-electron chi connectivity index (χ3n) is 4.91. The van der Waals surface area contributed by atoms with Crippen LogP contribution in [0.15, 0.2) is 23.8 Å². The number of ether oxygens (including phenoxy) is 1. The molecule has 142 valence electrons. The number of benzene rings is 1. The quantitative estimate of drug-likeness (QED) is 0.341. The summed E-state index contributed by atoms with van der Waals surface area (Å²) >= 11 is 0. The number of ketones is 1. The van der Waals surface area contributed by atoms with E-state index in [1.54, 1.807) is 13.0 Å². The number of rotatable bonds is 8. The zero-order valence-corrected chi connectivity index (χ0v) is 16.8. The maximum atomic E-state index is 12.4. The van der Waals surface area contributed by atoms with E-state index in [1.165, 1.54) is 5.57 Å². The van der Waals surface area contributed by atoms with Gasteiger partial charge in [0.1, 0.15) is 17.1 Å². The van der Waals surface area contributed by atoms with Gasteiger partial charge < -0.3 is 9.84 Å². The van der Waals surface area contributed by atoms with Crippen molar-refractivity contribution < 1.29 is 14.6 Å². The third kappa shape index (κ3) is 4.78. The fourth-order valence-electron chi connectivity index (χ4n) is 3.44. The van der Waals surface area contributed by atoms with Crippen molar-refractivity contribution in [2.45, 2.75) is 78.7 Å². The largest absolute Gasteiger partial charge is 0.507 e.